The molecule has 0 aliphatic carbocycles. The molecule has 1 fully saturated rings. The van der Waals surface area contributed by atoms with E-state index in [2.05, 4.69) is 17.3 Å². The summed E-state index contributed by atoms with van der Waals surface area (Å²) < 4.78 is 10.8. The van der Waals surface area contributed by atoms with Crippen LogP contribution >= 0.6 is 0 Å². The molecular formula is C21H24N2O3. The number of likely N-dealkylation sites (tertiary alicyclic amines) is 1. The zero-order valence-electron chi connectivity index (χ0n) is 15.0. The maximum atomic E-state index is 12.5. The van der Waals surface area contributed by atoms with E-state index >= 15 is 0 Å². The molecule has 1 amide bonds. The zero-order valence-corrected chi connectivity index (χ0v) is 15.0. The van der Waals surface area contributed by atoms with Gasteiger partial charge >= 0.3 is 0 Å². The van der Waals surface area contributed by atoms with Crippen molar-refractivity contribution in [1.82, 2.24) is 10.2 Å². The largest absolute Gasteiger partial charge is 0.454 e. The van der Waals surface area contributed by atoms with E-state index in [0.29, 0.717) is 18.2 Å². The quantitative estimate of drug-likeness (QED) is 0.897. The molecule has 2 heterocycles. The van der Waals surface area contributed by atoms with Gasteiger partial charge in [-0.15, -0.1) is 0 Å². The van der Waals surface area contributed by atoms with Crippen LogP contribution in [0.15, 0.2) is 42.5 Å². The molecule has 0 spiro atoms. The van der Waals surface area contributed by atoms with E-state index in [4.69, 9.17) is 9.47 Å². The molecule has 0 saturated carbocycles. The Hall–Kier alpha value is -2.53. The second-order valence-electron chi connectivity index (χ2n) is 6.97. The summed E-state index contributed by atoms with van der Waals surface area (Å²) in [4.78, 5) is 14.9. The molecule has 4 rings (SSSR count). The molecule has 5 nitrogen and oxygen atoms in total. The zero-order chi connectivity index (χ0) is 17.9. The number of carbonyl (C=O) groups is 1. The fourth-order valence-electron chi connectivity index (χ4n) is 3.71. The molecule has 2 aromatic carbocycles. The molecule has 0 radical (unpaired) electrons. The van der Waals surface area contributed by atoms with Crippen LogP contribution in [0.1, 0.15) is 29.6 Å². The number of hydrogen-bond acceptors (Lipinski definition) is 4. The van der Waals surface area contributed by atoms with Crippen LogP contribution in [0.3, 0.4) is 0 Å². The lowest BCUT2D eigenvalue weighted by molar-refractivity contribution is 0.0950. The number of ether oxygens (including phenoxy) is 2. The Labute approximate surface area is 153 Å². The molecule has 1 atom stereocenters. The summed E-state index contributed by atoms with van der Waals surface area (Å²) in [6, 6.07) is 14.1. The lowest BCUT2D eigenvalue weighted by Crippen LogP contribution is -2.31. The maximum Gasteiger partial charge on any atom is 0.251 e. The fraction of sp³-hybridized carbons (Fsp3) is 0.381. The van der Waals surface area contributed by atoms with E-state index in [1.54, 1.807) is 0 Å². The highest BCUT2D eigenvalue weighted by atomic mass is 16.7. The molecule has 0 aromatic heterocycles. The first-order valence-electron chi connectivity index (χ1n) is 9.19. The Kier molecular flexibility index (Phi) is 4.80. The molecular weight excluding hydrogens is 328 g/mol. The van der Waals surface area contributed by atoms with Gasteiger partial charge in [-0.05, 0) is 68.2 Å². The number of fused-ring (bicyclic) bond motifs is 1. The van der Waals surface area contributed by atoms with Crippen LogP contribution in [0.4, 0.5) is 0 Å². The van der Waals surface area contributed by atoms with Crippen molar-refractivity contribution in [3.63, 3.8) is 0 Å². The highest BCUT2D eigenvalue weighted by Crippen LogP contribution is 2.36. The summed E-state index contributed by atoms with van der Waals surface area (Å²) in [5.41, 5.74) is 2.68. The second-order valence-corrected chi connectivity index (χ2v) is 6.97. The number of nitrogens with one attached hydrogen (secondary N) is 1. The van der Waals surface area contributed by atoms with Crippen LogP contribution in [0, 0.1) is 0 Å². The Morgan fingerprint density at radius 2 is 2.00 bits per heavy atom. The lowest BCUT2D eigenvalue weighted by atomic mass is 10.0. The minimum Gasteiger partial charge on any atom is -0.454 e. The van der Waals surface area contributed by atoms with Crippen molar-refractivity contribution in [2.45, 2.75) is 25.3 Å². The summed E-state index contributed by atoms with van der Waals surface area (Å²) in [6.07, 6.45) is 3.49. The average molecular weight is 352 g/mol. The van der Waals surface area contributed by atoms with Gasteiger partial charge < -0.3 is 19.7 Å². The van der Waals surface area contributed by atoms with Gasteiger partial charge in [-0.2, -0.15) is 0 Å². The summed E-state index contributed by atoms with van der Waals surface area (Å²) in [7, 11) is 2.16. The normalized spacial score (nSPS) is 18.9. The minimum atomic E-state index is -0.0201. The highest BCUT2D eigenvalue weighted by molar-refractivity contribution is 5.95. The molecule has 2 aliphatic heterocycles. The minimum absolute atomic E-state index is 0.0201. The Morgan fingerprint density at radius 3 is 2.85 bits per heavy atom. The van der Waals surface area contributed by atoms with Crippen molar-refractivity contribution >= 4 is 5.91 Å². The van der Waals surface area contributed by atoms with Crippen LogP contribution < -0.4 is 14.8 Å². The van der Waals surface area contributed by atoms with Gasteiger partial charge in [-0.25, -0.2) is 0 Å². The van der Waals surface area contributed by atoms with Crippen LogP contribution in [0.25, 0.3) is 11.1 Å². The van der Waals surface area contributed by atoms with Gasteiger partial charge in [0.1, 0.15) is 0 Å². The van der Waals surface area contributed by atoms with Gasteiger partial charge in [0.05, 0.1) is 0 Å². The molecule has 26 heavy (non-hydrogen) atoms. The maximum absolute atomic E-state index is 12.5. The lowest BCUT2D eigenvalue weighted by Gasteiger charge is -2.19. The van der Waals surface area contributed by atoms with Gasteiger partial charge in [0.15, 0.2) is 11.5 Å². The summed E-state index contributed by atoms with van der Waals surface area (Å²) in [5, 5.41) is 3.06. The van der Waals surface area contributed by atoms with Crippen molar-refractivity contribution in [1.29, 1.82) is 0 Å². The topological polar surface area (TPSA) is 50.8 Å². The third-order valence-electron chi connectivity index (χ3n) is 5.27. The van der Waals surface area contributed by atoms with Gasteiger partial charge in [0.2, 0.25) is 6.79 Å². The monoisotopic (exact) mass is 352 g/mol. The Balaban J connectivity index is 1.41. The first-order chi connectivity index (χ1) is 12.7. The molecule has 0 bridgehead atoms. The molecule has 1 unspecified atom stereocenters. The average Bonchev–Trinajstić information content (AvgIpc) is 3.30. The van der Waals surface area contributed by atoms with Crippen molar-refractivity contribution in [2.24, 2.45) is 0 Å². The van der Waals surface area contributed by atoms with Crippen LogP contribution in [0.5, 0.6) is 11.5 Å². The Morgan fingerprint density at radius 1 is 1.15 bits per heavy atom. The molecule has 1 N–H and O–H groups in total. The van der Waals surface area contributed by atoms with Crippen molar-refractivity contribution < 1.29 is 14.3 Å². The third-order valence-corrected chi connectivity index (χ3v) is 5.27. The third kappa shape index (κ3) is 3.53. The predicted octanol–water partition coefficient (Wildman–Crippen LogP) is 3.30. The number of nitrogens with zero attached hydrogens (tertiary/aromatic N) is 1. The number of rotatable bonds is 5. The molecule has 136 valence electrons. The van der Waals surface area contributed by atoms with E-state index < -0.39 is 0 Å². The van der Waals surface area contributed by atoms with Gasteiger partial charge in [0.25, 0.3) is 5.91 Å². The van der Waals surface area contributed by atoms with Crippen LogP contribution in [-0.4, -0.2) is 43.8 Å². The number of benzene rings is 2. The highest BCUT2D eigenvalue weighted by Gasteiger charge is 2.20. The second kappa shape index (κ2) is 7.38. The molecule has 2 aromatic rings. The van der Waals surface area contributed by atoms with Gasteiger partial charge in [-0.3, -0.25) is 4.79 Å². The number of hydrogen-bond donors (Lipinski definition) is 1. The van der Waals surface area contributed by atoms with Gasteiger partial charge in [-0.1, -0.05) is 18.2 Å². The Bertz CT molecular complexity index is 806. The summed E-state index contributed by atoms with van der Waals surface area (Å²) in [5.74, 6) is 1.49. The van der Waals surface area contributed by atoms with Crippen molar-refractivity contribution in [3.05, 3.63) is 48.0 Å². The van der Waals surface area contributed by atoms with E-state index in [9.17, 15) is 4.79 Å². The molecule has 1 saturated heterocycles. The van der Waals surface area contributed by atoms with Crippen LogP contribution in [0.2, 0.25) is 0 Å². The van der Waals surface area contributed by atoms with E-state index in [0.717, 1.165) is 35.6 Å². The van der Waals surface area contributed by atoms with E-state index in [1.165, 1.54) is 12.8 Å². The smallest absolute Gasteiger partial charge is 0.251 e. The van der Waals surface area contributed by atoms with Crippen molar-refractivity contribution in [2.75, 3.05) is 26.9 Å². The predicted molar refractivity (Wildman–Crippen MR) is 101 cm³/mol. The number of carbonyl (C=O) groups excluding carboxylic acids is 1. The first-order valence-corrected chi connectivity index (χ1v) is 9.19. The van der Waals surface area contributed by atoms with Gasteiger partial charge in [0, 0.05) is 18.2 Å². The summed E-state index contributed by atoms with van der Waals surface area (Å²) in [6.45, 7) is 2.13. The standard InChI is InChI=1S/C21H24N2O3/c1-23-11-3-6-18(23)9-10-22-21(24)17-5-2-4-15(12-17)16-7-8-19-20(13-16)26-14-25-19/h2,4-5,7-8,12-13,18H,3,6,9-11,14H2,1H3,(H,22,24). The molecule has 5 heteroatoms. The molecule has 2 aliphatic rings. The van der Waals surface area contributed by atoms with E-state index in [-0.39, 0.29) is 12.7 Å². The van der Waals surface area contributed by atoms with E-state index in [1.807, 2.05) is 42.5 Å². The fourth-order valence-corrected chi connectivity index (χ4v) is 3.71. The summed E-state index contributed by atoms with van der Waals surface area (Å²) >= 11 is 0. The first kappa shape index (κ1) is 16.9. The van der Waals surface area contributed by atoms with Crippen molar-refractivity contribution in [3.8, 4) is 22.6 Å². The number of amides is 1. The SMILES string of the molecule is CN1CCCC1CCNC(=O)c1cccc(-c2ccc3c(c2)OCO3)c1. The van der Waals surface area contributed by atoms with Crippen LogP contribution in [-0.2, 0) is 0 Å².